The van der Waals surface area contributed by atoms with E-state index in [1.165, 1.54) is 70.6 Å². The van der Waals surface area contributed by atoms with Crippen LogP contribution in [-0.2, 0) is 14.3 Å². The van der Waals surface area contributed by atoms with Gasteiger partial charge in [-0.05, 0) is 6.42 Å². The Balaban J connectivity index is 1.94. The highest BCUT2D eigenvalue weighted by Gasteiger charge is 2.32. The zero-order valence-corrected chi connectivity index (χ0v) is 20.1. The first kappa shape index (κ1) is 26.4. The van der Waals surface area contributed by atoms with Crippen LogP contribution in [0.2, 0.25) is 0 Å². The van der Waals surface area contributed by atoms with Gasteiger partial charge in [-0.15, -0.1) is 0 Å². The number of hydrogen-bond acceptors (Lipinski definition) is 3. The fourth-order valence-electron chi connectivity index (χ4n) is 4.06. The minimum atomic E-state index is -0.0315. The number of unbranched alkanes of at least 4 members (excludes halogenated alkanes) is 12. The molecule has 0 saturated carbocycles. The van der Waals surface area contributed by atoms with Crippen LogP contribution in [0.3, 0.4) is 0 Å². The van der Waals surface area contributed by atoms with Crippen LogP contribution in [-0.4, -0.2) is 57.0 Å². The molecule has 0 aromatic heterocycles. The number of hydrogen-bond donors (Lipinski definition) is 0. The Hall–Kier alpha value is -0.610. The zero-order valence-electron chi connectivity index (χ0n) is 20.1. The Morgan fingerprint density at radius 3 is 1.90 bits per heavy atom. The Morgan fingerprint density at radius 2 is 1.38 bits per heavy atom. The summed E-state index contributed by atoms with van der Waals surface area (Å²) in [6.45, 7) is 4.04. The van der Waals surface area contributed by atoms with E-state index in [4.69, 9.17) is 9.47 Å². The first-order valence-electron chi connectivity index (χ1n) is 12.5. The average Bonchev–Trinajstić information content (AvgIpc) is 3.10. The second-order valence-electron chi connectivity index (χ2n) is 10.0. The number of nitrogens with zero attached hydrogens (tertiary/aromatic N) is 1. The third-order valence-corrected chi connectivity index (χ3v) is 6.00. The molecule has 0 aliphatic carbocycles. The van der Waals surface area contributed by atoms with Gasteiger partial charge in [0.15, 0.2) is 0 Å². The third kappa shape index (κ3) is 14.9. The summed E-state index contributed by atoms with van der Waals surface area (Å²) >= 11 is 0. The van der Waals surface area contributed by atoms with Crippen LogP contribution in [0, 0.1) is 0 Å². The van der Waals surface area contributed by atoms with Gasteiger partial charge in [0, 0.05) is 19.3 Å². The predicted molar refractivity (Wildman–Crippen MR) is 122 cm³/mol. The van der Waals surface area contributed by atoms with E-state index in [1.54, 1.807) is 0 Å². The van der Waals surface area contributed by atoms with E-state index in [9.17, 15) is 4.79 Å². The zero-order chi connectivity index (χ0) is 21.4. The van der Waals surface area contributed by atoms with Gasteiger partial charge in [-0.2, -0.15) is 0 Å². The molecule has 1 aliphatic heterocycles. The Kier molecular flexibility index (Phi) is 14.7. The minimum Gasteiger partial charge on any atom is -0.459 e. The van der Waals surface area contributed by atoms with E-state index >= 15 is 0 Å². The van der Waals surface area contributed by atoms with Crippen molar-refractivity contribution in [2.75, 3.05) is 34.3 Å². The lowest BCUT2D eigenvalue weighted by atomic mass is 10.0. The van der Waals surface area contributed by atoms with Crippen LogP contribution in [0.25, 0.3) is 0 Å². The normalized spacial score (nSPS) is 19.6. The smallest absolute Gasteiger partial charge is 0.306 e. The standard InChI is InChI=1S/C25H50NO3/c1-5-6-7-8-9-10-11-12-13-14-15-16-17-18-25(27)29-24-20-22-28-23(24)19-21-26(2,3)4/h23-24H,5-22H2,1-4H3/q+1. The van der Waals surface area contributed by atoms with Crippen molar-refractivity contribution in [2.45, 2.75) is 122 Å². The average molecular weight is 413 g/mol. The van der Waals surface area contributed by atoms with Gasteiger partial charge < -0.3 is 14.0 Å². The SMILES string of the molecule is CCCCCCCCCCCCCCCC(=O)OC1CCOC1CC[N+](C)(C)C. The van der Waals surface area contributed by atoms with Crippen LogP contribution in [0.1, 0.15) is 110 Å². The topological polar surface area (TPSA) is 35.5 Å². The van der Waals surface area contributed by atoms with Gasteiger partial charge in [0.25, 0.3) is 0 Å². The van der Waals surface area contributed by atoms with Crippen molar-refractivity contribution in [3.63, 3.8) is 0 Å². The van der Waals surface area contributed by atoms with Crippen molar-refractivity contribution in [1.29, 1.82) is 0 Å². The molecule has 1 fully saturated rings. The molecular formula is C25H50NO3+. The lowest BCUT2D eigenvalue weighted by molar-refractivity contribution is -0.870. The molecule has 172 valence electrons. The summed E-state index contributed by atoms with van der Waals surface area (Å²) in [5.74, 6) is -0.0289. The quantitative estimate of drug-likeness (QED) is 0.151. The summed E-state index contributed by atoms with van der Waals surface area (Å²) in [5.41, 5.74) is 0. The highest BCUT2D eigenvalue weighted by Crippen LogP contribution is 2.22. The summed E-state index contributed by atoms with van der Waals surface area (Å²) in [7, 11) is 6.56. The van der Waals surface area contributed by atoms with E-state index in [-0.39, 0.29) is 18.2 Å². The van der Waals surface area contributed by atoms with Crippen molar-refractivity contribution in [3.05, 3.63) is 0 Å². The van der Waals surface area contributed by atoms with Crippen LogP contribution in [0.5, 0.6) is 0 Å². The molecule has 0 amide bonds. The van der Waals surface area contributed by atoms with Crippen LogP contribution >= 0.6 is 0 Å². The van der Waals surface area contributed by atoms with Gasteiger partial charge in [-0.3, -0.25) is 4.79 Å². The predicted octanol–water partition coefficient (Wildman–Crippen LogP) is 6.26. The number of rotatable bonds is 18. The van der Waals surface area contributed by atoms with E-state index in [2.05, 4.69) is 28.1 Å². The summed E-state index contributed by atoms with van der Waals surface area (Å²) in [6, 6.07) is 0. The van der Waals surface area contributed by atoms with Crippen molar-refractivity contribution in [3.8, 4) is 0 Å². The highest BCUT2D eigenvalue weighted by molar-refractivity contribution is 5.69. The first-order valence-corrected chi connectivity index (χ1v) is 12.5. The number of esters is 1. The molecule has 0 spiro atoms. The molecular weight excluding hydrogens is 362 g/mol. The molecule has 4 nitrogen and oxygen atoms in total. The van der Waals surface area contributed by atoms with E-state index < -0.39 is 0 Å². The van der Waals surface area contributed by atoms with E-state index in [1.807, 2.05) is 0 Å². The summed E-state index contributed by atoms with van der Waals surface area (Å²) in [4.78, 5) is 12.2. The lowest BCUT2D eigenvalue weighted by Gasteiger charge is -2.27. The minimum absolute atomic E-state index is 0.0289. The molecule has 4 heteroatoms. The second-order valence-corrected chi connectivity index (χ2v) is 10.0. The second kappa shape index (κ2) is 16.1. The maximum Gasteiger partial charge on any atom is 0.306 e. The fraction of sp³-hybridized carbons (Fsp3) is 0.960. The largest absolute Gasteiger partial charge is 0.459 e. The van der Waals surface area contributed by atoms with Crippen LogP contribution in [0.4, 0.5) is 0 Å². The van der Waals surface area contributed by atoms with Gasteiger partial charge in [0.2, 0.25) is 0 Å². The molecule has 1 rings (SSSR count). The molecule has 0 aromatic carbocycles. The molecule has 1 heterocycles. The van der Waals surface area contributed by atoms with Crippen molar-refractivity contribution >= 4 is 5.97 Å². The van der Waals surface area contributed by atoms with E-state index in [0.717, 1.165) is 43.3 Å². The van der Waals surface area contributed by atoms with E-state index in [0.29, 0.717) is 6.42 Å². The number of ether oxygens (including phenoxy) is 2. The van der Waals surface area contributed by atoms with Gasteiger partial charge in [-0.25, -0.2) is 0 Å². The molecule has 29 heavy (non-hydrogen) atoms. The lowest BCUT2D eigenvalue weighted by Crippen LogP contribution is -2.39. The van der Waals surface area contributed by atoms with Crippen molar-refractivity contribution < 1.29 is 18.8 Å². The highest BCUT2D eigenvalue weighted by atomic mass is 16.6. The number of quaternary nitrogens is 1. The Bertz CT molecular complexity index is 405. The first-order chi connectivity index (χ1) is 13.9. The van der Waals surface area contributed by atoms with Gasteiger partial charge in [0.05, 0.1) is 40.4 Å². The molecule has 0 N–H and O–H groups in total. The Morgan fingerprint density at radius 1 is 0.862 bits per heavy atom. The molecule has 0 bridgehead atoms. The summed E-state index contributed by atoms with van der Waals surface area (Å²) in [5, 5.41) is 0. The monoisotopic (exact) mass is 412 g/mol. The van der Waals surface area contributed by atoms with Crippen LogP contribution in [0.15, 0.2) is 0 Å². The summed E-state index contributed by atoms with van der Waals surface area (Å²) in [6.07, 6.45) is 19.7. The van der Waals surface area contributed by atoms with Gasteiger partial charge in [0.1, 0.15) is 6.10 Å². The third-order valence-electron chi connectivity index (χ3n) is 6.00. The maximum absolute atomic E-state index is 12.2. The number of carbonyl (C=O) groups is 1. The molecule has 2 atom stereocenters. The molecule has 0 radical (unpaired) electrons. The number of carbonyl (C=O) groups excluding carboxylic acids is 1. The van der Waals surface area contributed by atoms with Gasteiger partial charge >= 0.3 is 5.97 Å². The molecule has 1 saturated heterocycles. The molecule has 1 aliphatic rings. The molecule has 0 aromatic rings. The van der Waals surface area contributed by atoms with Crippen molar-refractivity contribution in [1.82, 2.24) is 0 Å². The fourth-order valence-corrected chi connectivity index (χ4v) is 4.06. The van der Waals surface area contributed by atoms with Crippen molar-refractivity contribution in [2.24, 2.45) is 0 Å². The van der Waals surface area contributed by atoms with Gasteiger partial charge in [-0.1, -0.05) is 84.0 Å². The molecule has 2 unspecified atom stereocenters. The summed E-state index contributed by atoms with van der Waals surface area (Å²) < 4.78 is 12.4. The van der Waals surface area contributed by atoms with Crippen LogP contribution < -0.4 is 0 Å². The maximum atomic E-state index is 12.2. The Labute approximate surface area is 181 Å².